The predicted molar refractivity (Wildman–Crippen MR) is 57.6 cm³/mol. The molecular weight excluding hydrogens is 194 g/mol. The lowest BCUT2D eigenvalue weighted by Crippen LogP contribution is -2.43. The summed E-state index contributed by atoms with van der Waals surface area (Å²) in [7, 11) is 0. The minimum Gasteiger partial charge on any atom is -0.446 e. The Morgan fingerprint density at radius 3 is 2.60 bits per heavy atom. The molecular formula is C11H21NO3. The molecule has 0 aliphatic heterocycles. The molecule has 2 atom stereocenters. The fourth-order valence-corrected chi connectivity index (χ4v) is 1.71. The monoisotopic (exact) mass is 215 g/mol. The summed E-state index contributed by atoms with van der Waals surface area (Å²) in [6, 6.07) is 0. The minimum atomic E-state index is -0.387. The second-order valence-corrected chi connectivity index (χ2v) is 5.22. The van der Waals surface area contributed by atoms with Crippen LogP contribution < -0.4 is 5.32 Å². The maximum Gasteiger partial charge on any atom is 0.407 e. The summed E-state index contributed by atoms with van der Waals surface area (Å²) in [6.45, 7) is 5.72. The van der Waals surface area contributed by atoms with Crippen molar-refractivity contribution in [2.45, 2.75) is 64.2 Å². The molecule has 0 bridgehead atoms. The average molecular weight is 215 g/mol. The van der Waals surface area contributed by atoms with E-state index in [4.69, 9.17) is 4.74 Å². The van der Waals surface area contributed by atoms with Crippen LogP contribution in [0, 0.1) is 0 Å². The van der Waals surface area contributed by atoms with Gasteiger partial charge < -0.3 is 15.2 Å². The molecule has 0 spiro atoms. The topological polar surface area (TPSA) is 58.6 Å². The van der Waals surface area contributed by atoms with Crippen molar-refractivity contribution in [2.75, 3.05) is 0 Å². The molecule has 1 saturated carbocycles. The number of alkyl carbamates (subject to hydrolysis) is 1. The molecule has 0 aromatic rings. The summed E-state index contributed by atoms with van der Waals surface area (Å²) in [4.78, 5) is 11.4. The van der Waals surface area contributed by atoms with Crippen molar-refractivity contribution in [3.8, 4) is 0 Å². The van der Waals surface area contributed by atoms with E-state index >= 15 is 0 Å². The van der Waals surface area contributed by atoms with E-state index in [1.807, 2.05) is 20.8 Å². The van der Waals surface area contributed by atoms with E-state index in [1.54, 1.807) is 0 Å². The largest absolute Gasteiger partial charge is 0.446 e. The SMILES string of the molecule is CC(C)(C)NC(=O)O[C@H]1CCC[C@@H](O)C1. The summed E-state index contributed by atoms with van der Waals surface area (Å²) in [5.74, 6) is 0. The third kappa shape index (κ3) is 5.02. The van der Waals surface area contributed by atoms with Gasteiger partial charge in [-0.15, -0.1) is 0 Å². The Morgan fingerprint density at radius 1 is 1.40 bits per heavy atom. The number of aliphatic hydroxyl groups excluding tert-OH is 1. The van der Waals surface area contributed by atoms with E-state index < -0.39 is 0 Å². The summed E-state index contributed by atoms with van der Waals surface area (Å²) in [5.41, 5.74) is -0.273. The molecule has 1 aliphatic rings. The molecule has 4 nitrogen and oxygen atoms in total. The van der Waals surface area contributed by atoms with Crippen LogP contribution in [-0.4, -0.2) is 28.9 Å². The number of rotatable bonds is 1. The number of nitrogens with one attached hydrogen (secondary N) is 1. The van der Waals surface area contributed by atoms with Gasteiger partial charge in [0.25, 0.3) is 0 Å². The molecule has 0 aromatic heterocycles. The van der Waals surface area contributed by atoms with Crippen molar-refractivity contribution < 1.29 is 14.6 Å². The van der Waals surface area contributed by atoms with Crippen LogP contribution in [0.5, 0.6) is 0 Å². The number of ether oxygens (including phenoxy) is 1. The molecule has 0 radical (unpaired) electrons. The van der Waals surface area contributed by atoms with Crippen LogP contribution in [0.15, 0.2) is 0 Å². The van der Waals surface area contributed by atoms with Gasteiger partial charge in [0.15, 0.2) is 0 Å². The highest BCUT2D eigenvalue weighted by Crippen LogP contribution is 2.21. The summed E-state index contributed by atoms with van der Waals surface area (Å²) in [5, 5.41) is 12.2. The molecule has 0 unspecified atom stereocenters. The average Bonchev–Trinajstić information content (AvgIpc) is 1.99. The smallest absolute Gasteiger partial charge is 0.407 e. The number of amides is 1. The highest BCUT2D eigenvalue weighted by atomic mass is 16.6. The van der Waals surface area contributed by atoms with Crippen LogP contribution in [0.4, 0.5) is 4.79 Å². The van der Waals surface area contributed by atoms with Gasteiger partial charge in [-0.1, -0.05) is 0 Å². The standard InChI is InChI=1S/C11H21NO3/c1-11(2,3)12-10(14)15-9-6-4-5-8(13)7-9/h8-9,13H,4-7H2,1-3H3,(H,12,14)/t8-,9+/m1/s1. The van der Waals surface area contributed by atoms with E-state index in [9.17, 15) is 9.90 Å². The van der Waals surface area contributed by atoms with Gasteiger partial charge in [-0.05, 0) is 40.0 Å². The van der Waals surface area contributed by atoms with Crippen molar-refractivity contribution in [3.05, 3.63) is 0 Å². The van der Waals surface area contributed by atoms with Crippen LogP contribution in [0.25, 0.3) is 0 Å². The molecule has 1 aliphatic carbocycles. The molecule has 1 fully saturated rings. The zero-order valence-corrected chi connectivity index (χ0v) is 9.75. The van der Waals surface area contributed by atoms with E-state index in [-0.39, 0.29) is 23.8 Å². The van der Waals surface area contributed by atoms with E-state index in [2.05, 4.69) is 5.32 Å². The first-order valence-corrected chi connectivity index (χ1v) is 5.54. The summed E-state index contributed by atoms with van der Waals surface area (Å²) in [6.07, 6.45) is 2.34. The first-order chi connectivity index (χ1) is 6.87. The second kappa shape index (κ2) is 4.84. The van der Waals surface area contributed by atoms with Crippen molar-refractivity contribution in [3.63, 3.8) is 0 Å². The highest BCUT2D eigenvalue weighted by molar-refractivity contribution is 5.68. The van der Waals surface area contributed by atoms with Gasteiger partial charge in [-0.3, -0.25) is 0 Å². The van der Waals surface area contributed by atoms with Gasteiger partial charge in [0.05, 0.1) is 6.10 Å². The van der Waals surface area contributed by atoms with Gasteiger partial charge >= 0.3 is 6.09 Å². The molecule has 1 amide bonds. The van der Waals surface area contributed by atoms with E-state index in [0.717, 1.165) is 19.3 Å². The van der Waals surface area contributed by atoms with Crippen LogP contribution in [0.2, 0.25) is 0 Å². The molecule has 1 rings (SSSR count). The number of hydrogen-bond donors (Lipinski definition) is 2. The number of carbonyl (C=O) groups excluding carboxylic acids is 1. The lowest BCUT2D eigenvalue weighted by atomic mass is 9.95. The van der Waals surface area contributed by atoms with Crippen molar-refractivity contribution >= 4 is 6.09 Å². The third-order valence-corrected chi connectivity index (χ3v) is 2.35. The van der Waals surface area contributed by atoms with Gasteiger partial charge in [-0.2, -0.15) is 0 Å². The summed E-state index contributed by atoms with van der Waals surface area (Å²) < 4.78 is 5.23. The van der Waals surface area contributed by atoms with Gasteiger partial charge in [0.1, 0.15) is 6.10 Å². The van der Waals surface area contributed by atoms with E-state index in [0.29, 0.717) is 6.42 Å². The maximum atomic E-state index is 11.4. The molecule has 15 heavy (non-hydrogen) atoms. The van der Waals surface area contributed by atoms with Gasteiger partial charge in [-0.25, -0.2) is 4.79 Å². The van der Waals surface area contributed by atoms with Gasteiger partial charge in [0, 0.05) is 12.0 Å². The first kappa shape index (κ1) is 12.3. The fraction of sp³-hybridized carbons (Fsp3) is 0.909. The van der Waals surface area contributed by atoms with Crippen molar-refractivity contribution in [1.29, 1.82) is 0 Å². The number of aliphatic hydroxyl groups is 1. The number of carbonyl (C=O) groups is 1. The first-order valence-electron chi connectivity index (χ1n) is 5.54. The zero-order valence-electron chi connectivity index (χ0n) is 9.75. The molecule has 0 saturated heterocycles. The highest BCUT2D eigenvalue weighted by Gasteiger charge is 2.24. The summed E-state index contributed by atoms with van der Waals surface area (Å²) >= 11 is 0. The normalized spacial score (nSPS) is 27.2. The van der Waals surface area contributed by atoms with Crippen LogP contribution in [0.1, 0.15) is 46.5 Å². The quantitative estimate of drug-likeness (QED) is 0.701. The van der Waals surface area contributed by atoms with Crippen molar-refractivity contribution in [2.24, 2.45) is 0 Å². The predicted octanol–water partition coefficient (Wildman–Crippen LogP) is 1.81. The van der Waals surface area contributed by atoms with E-state index in [1.165, 1.54) is 0 Å². The molecule has 88 valence electrons. The lowest BCUT2D eigenvalue weighted by molar-refractivity contribution is 0.0207. The maximum absolute atomic E-state index is 11.4. The van der Waals surface area contributed by atoms with Crippen molar-refractivity contribution in [1.82, 2.24) is 5.32 Å². The molecule has 4 heteroatoms. The Hall–Kier alpha value is -0.770. The Bertz CT molecular complexity index is 222. The molecule has 2 N–H and O–H groups in total. The Labute approximate surface area is 91.0 Å². The number of hydrogen-bond acceptors (Lipinski definition) is 3. The molecule has 0 heterocycles. The Balaban J connectivity index is 2.31. The lowest BCUT2D eigenvalue weighted by Gasteiger charge is -2.27. The Kier molecular flexibility index (Phi) is 3.97. The van der Waals surface area contributed by atoms with Crippen LogP contribution in [-0.2, 0) is 4.74 Å². The zero-order chi connectivity index (χ0) is 11.5. The third-order valence-electron chi connectivity index (χ3n) is 2.35. The Morgan fingerprint density at radius 2 is 2.07 bits per heavy atom. The van der Waals surface area contributed by atoms with Gasteiger partial charge in [0.2, 0.25) is 0 Å². The second-order valence-electron chi connectivity index (χ2n) is 5.22. The molecule has 0 aromatic carbocycles. The van der Waals surface area contributed by atoms with Crippen LogP contribution in [0.3, 0.4) is 0 Å². The fourth-order valence-electron chi connectivity index (χ4n) is 1.71. The minimum absolute atomic E-state index is 0.129. The van der Waals surface area contributed by atoms with Crippen LogP contribution >= 0.6 is 0 Å².